The van der Waals surface area contributed by atoms with E-state index in [4.69, 9.17) is 5.11 Å². The zero-order valence-corrected chi connectivity index (χ0v) is 10.1. The predicted molar refractivity (Wildman–Crippen MR) is 68.1 cm³/mol. The highest BCUT2D eigenvalue weighted by atomic mass is 16.4. The lowest BCUT2D eigenvalue weighted by Crippen LogP contribution is -2.15. The third-order valence-electron chi connectivity index (χ3n) is 2.58. The molecular weight excluding hydrogens is 246 g/mol. The topological polar surface area (TPSA) is 92.2 Å². The number of nitrogens with zero attached hydrogens (tertiary/aromatic N) is 2. The molecule has 0 saturated heterocycles. The molecule has 6 nitrogen and oxygen atoms in total. The molecule has 0 radical (unpaired) electrons. The maximum atomic E-state index is 11.9. The van der Waals surface area contributed by atoms with Crippen molar-refractivity contribution in [3.63, 3.8) is 0 Å². The van der Waals surface area contributed by atoms with Crippen LogP contribution in [0.25, 0.3) is 0 Å². The van der Waals surface area contributed by atoms with E-state index in [1.807, 2.05) is 0 Å². The highest BCUT2D eigenvalue weighted by Crippen LogP contribution is 2.20. The smallest absolute Gasteiger partial charge is 0.338 e. The molecule has 2 aromatic rings. The molecule has 2 N–H and O–H groups in total. The summed E-state index contributed by atoms with van der Waals surface area (Å²) in [5, 5.41) is 18.9. The molecule has 2 rings (SSSR count). The Labute approximate surface area is 109 Å². The monoisotopic (exact) mass is 257 g/mol. The lowest BCUT2D eigenvalue weighted by Gasteiger charge is -2.10. The van der Waals surface area contributed by atoms with Crippen molar-refractivity contribution in [1.29, 1.82) is 0 Å². The molecule has 1 aromatic heterocycles. The minimum Gasteiger partial charge on any atom is -0.478 e. The molecule has 96 valence electrons. The molecule has 1 heterocycles. The van der Waals surface area contributed by atoms with E-state index in [0.717, 1.165) is 0 Å². The first-order valence-corrected chi connectivity index (χ1v) is 5.50. The zero-order valence-electron chi connectivity index (χ0n) is 10.1. The summed E-state index contributed by atoms with van der Waals surface area (Å²) in [6.07, 6.45) is 2.70. The molecule has 0 aliphatic heterocycles. The molecule has 0 aliphatic carbocycles. The maximum absolute atomic E-state index is 11.9. The van der Waals surface area contributed by atoms with Gasteiger partial charge in [0.1, 0.15) is 0 Å². The first-order chi connectivity index (χ1) is 9.09. The Bertz CT molecular complexity index is 626. The molecule has 0 spiro atoms. The molecule has 6 heteroatoms. The fourth-order valence-electron chi connectivity index (χ4n) is 1.68. The molecule has 0 fully saturated rings. The van der Waals surface area contributed by atoms with Crippen molar-refractivity contribution in [1.82, 2.24) is 10.2 Å². The minimum absolute atomic E-state index is 0.0814. The molecule has 1 amide bonds. The Balaban J connectivity index is 2.32. The van der Waals surface area contributed by atoms with Crippen LogP contribution >= 0.6 is 0 Å². The average Bonchev–Trinajstić information content (AvgIpc) is 2.39. The van der Waals surface area contributed by atoms with Crippen molar-refractivity contribution in [2.45, 2.75) is 6.92 Å². The summed E-state index contributed by atoms with van der Waals surface area (Å²) < 4.78 is 0. The lowest BCUT2D eigenvalue weighted by atomic mass is 10.1. The standard InChI is InChI=1S/C13H11N3O3/c1-8-3-2-4-10(11(8)13(18)19)16-12(17)9-5-6-14-15-7-9/h2-7H,1H3,(H,16,17)(H,18,19). The number of rotatable bonds is 3. The van der Waals surface area contributed by atoms with E-state index in [1.165, 1.54) is 18.5 Å². The number of hydrogen-bond acceptors (Lipinski definition) is 4. The van der Waals surface area contributed by atoms with Crippen LogP contribution < -0.4 is 5.32 Å². The number of benzene rings is 1. The van der Waals surface area contributed by atoms with Crippen molar-refractivity contribution in [3.05, 3.63) is 53.3 Å². The number of aryl methyl sites for hydroxylation is 1. The van der Waals surface area contributed by atoms with Crippen molar-refractivity contribution >= 4 is 17.6 Å². The largest absolute Gasteiger partial charge is 0.478 e. The Hall–Kier alpha value is -2.76. The summed E-state index contributed by atoms with van der Waals surface area (Å²) in [5.74, 6) is -1.51. The summed E-state index contributed by atoms with van der Waals surface area (Å²) >= 11 is 0. The van der Waals surface area contributed by atoms with E-state index in [2.05, 4.69) is 15.5 Å². The first kappa shape index (κ1) is 12.7. The number of anilines is 1. The molecule has 0 aliphatic rings. The Kier molecular flexibility index (Phi) is 3.51. The maximum Gasteiger partial charge on any atom is 0.338 e. The van der Waals surface area contributed by atoms with E-state index >= 15 is 0 Å². The average molecular weight is 257 g/mol. The van der Waals surface area contributed by atoms with Gasteiger partial charge in [0.2, 0.25) is 0 Å². The van der Waals surface area contributed by atoms with Crippen LogP contribution in [0.1, 0.15) is 26.3 Å². The number of carboxylic acid groups (broad SMARTS) is 1. The van der Waals surface area contributed by atoms with Gasteiger partial charge in [-0.05, 0) is 24.6 Å². The quantitative estimate of drug-likeness (QED) is 0.873. The summed E-state index contributed by atoms with van der Waals surface area (Å²) in [4.78, 5) is 23.1. The SMILES string of the molecule is Cc1cccc(NC(=O)c2ccnnc2)c1C(=O)O. The molecule has 0 bridgehead atoms. The third-order valence-corrected chi connectivity index (χ3v) is 2.58. The minimum atomic E-state index is -1.08. The fourth-order valence-corrected chi connectivity index (χ4v) is 1.68. The van der Waals surface area contributed by atoms with Gasteiger partial charge < -0.3 is 10.4 Å². The number of nitrogens with one attached hydrogen (secondary N) is 1. The second kappa shape index (κ2) is 5.26. The number of carbonyl (C=O) groups excluding carboxylic acids is 1. The van der Waals surface area contributed by atoms with Gasteiger partial charge in [0.25, 0.3) is 5.91 Å². The number of amides is 1. The Morgan fingerprint density at radius 3 is 2.63 bits per heavy atom. The van der Waals surface area contributed by atoms with Crippen molar-refractivity contribution < 1.29 is 14.7 Å². The van der Waals surface area contributed by atoms with Gasteiger partial charge in [0.05, 0.1) is 29.2 Å². The van der Waals surface area contributed by atoms with Crippen LogP contribution in [-0.2, 0) is 0 Å². The Morgan fingerprint density at radius 2 is 2.00 bits per heavy atom. The normalized spacial score (nSPS) is 9.95. The lowest BCUT2D eigenvalue weighted by molar-refractivity contribution is 0.0697. The van der Waals surface area contributed by atoms with Crippen molar-refractivity contribution in [2.24, 2.45) is 0 Å². The molecule has 0 atom stereocenters. The van der Waals surface area contributed by atoms with Gasteiger partial charge in [-0.15, -0.1) is 0 Å². The molecule has 1 aromatic carbocycles. The summed E-state index contributed by atoms with van der Waals surface area (Å²) in [6.45, 7) is 1.67. The van der Waals surface area contributed by atoms with Gasteiger partial charge in [-0.25, -0.2) is 4.79 Å². The third kappa shape index (κ3) is 2.74. The molecule has 19 heavy (non-hydrogen) atoms. The van der Waals surface area contributed by atoms with Gasteiger partial charge >= 0.3 is 5.97 Å². The van der Waals surface area contributed by atoms with Crippen LogP contribution in [0.4, 0.5) is 5.69 Å². The van der Waals surface area contributed by atoms with Crippen LogP contribution in [0.3, 0.4) is 0 Å². The van der Waals surface area contributed by atoms with Crippen molar-refractivity contribution in [2.75, 3.05) is 5.32 Å². The van der Waals surface area contributed by atoms with Crippen LogP contribution in [0.15, 0.2) is 36.7 Å². The highest BCUT2D eigenvalue weighted by molar-refractivity contribution is 6.07. The van der Waals surface area contributed by atoms with Gasteiger partial charge in [0, 0.05) is 0 Å². The zero-order chi connectivity index (χ0) is 13.8. The molecular formula is C13H11N3O3. The van der Waals surface area contributed by atoms with Crippen LogP contribution in [0.2, 0.25) is 0 Å². The summed E-state index contributed by atoms with van der Waals surface area (Å²) in [5.41, 5.74) is 1.23. The van der Waals surface area contributed by atoms with Gasteiger partial charge in [-0.2, -0.15) is 10.2 Å². The van der Waals surface area contributed by atoms with Crippen LogP contribution in [0, 0.1) is 6.92 Å². The number of aromatic nitrogens is 2. The molecule has 0 unspecified atom stereocenters. The number of carboxylic acids is 1. The number of carbonyl (C=O) groups is 2. The van der Waals surface area contributed by atoms with Gasteiger partial charge in [0.15, 0.2) is 0 Å². The van der Waals surface area contributed by atoms with E-state index < -0.39 is 11.9 Å². The van der Waals surface area contributed by atoms with E-state index in [-0.39, 0.29) is 11.3 Å². The number of hydrogen-bond donors (Lipinski definition) is 2. The van der Waals surface area contributed by atoms with Gasteiger partial charge in [-0.3, -0.25) is 4.79 Å². The summed E-state index contributed by atoms with van der Waals surface area (Å²) in [7, 11) is 0. The molecule has 0 saturated carbocycles. The highest BCUT2D eigenvalue weighted by Gasteiger charge is 2.15. The summed E-state index contributed by atoms with van der Waals surface area (Å²) in [6, 6.07) is 6.40. The van der Waals surface area contributed by atoms with E-state index in [9.17, 15) is 9.59 Å². The van der Waals surface area contributed by atoms with E-state index in [1.54, 1.807) is 25.1 Å². The number of aromatic carboxylic acids is 1. The predicted octanol–water partition coefficient (Wildman–Crippen LogP) is 1.74. The fraction of sp³-hybridized carbons (Fsp3) is 0.0769. The second-order valence-electron chi connectivity index (χ2n) is 3.89. The van der Waals surface area contributed by atoms with E-state index in [0.29, 0.717) is 11.1 Å². The second-order valence-corrected chi connectivity index (χ2v) is 3.89. The first-order valence-electron chi connectivity index (χ1n) is 5.50. The van der Waals surface area contributed by atoms with Crippen LogP contribution in [0.5, 0.6) is 0 Å². The van der Waals surface area contributed by atoms with Crippen LogP contribution in [-0.4, -0.2) is 27.2 Å². The van der Waals surface area contributed by atoms with Gasteiger partial charge in [-0.1, -0.05) is 12.1 Å². The van der Waals surface area contributed by atoms with Crippen molar-refractivity contribution in [3.8, 4) is 0 Å². The Morgan fingerprint density at radius 1 is 1.21 bits per heavy atom.